The smallest absolute Gasteiger partial charge is 0.230 e. The second-order valence-electron chi connectivity index (χ2n) is 6.00. The van der Waals surface area contributed by atoms with Crippen molar-refractivity contribution in [2.75, 3.05) is 13.1 Å². The van der Waals surface area contributed by atoms with Crippen molar-refractivity contribution in [3.63, 3.8) is 0 Å². The molecule has 1 aromatic heterocycles. The van der Waals surface area contributed by atoms with Gasteiger partial charge in [0.2, 0.25) is 11.8 Å². The molecule has 0 amide bonds. The number of aryl methyl sites for hydroxylation is 1. The standard InChI is InChI=1S/C17H22FN3O/c1-2-16-19-20-17(22-16)12-21-8-6-13(7-9-21)10-14-4-3-5-15(18)11-14/h3-5,11,13H,2,6-10,12H2,1H3. The van der Waals surface area contributed by atoms with E-state index in [0.717, 1.165) is 50.9 Å². The number of likely N-dealkylation sites (tertiary alicyclic amines) is 1. The van der Waals surface area contributed by atoms with Crippen molar-refractivity contribution in [1.29, 1.82) is 0 Å². The Morgan fingerprint density at radius 2 is 2.00 bits per heavy atom. The van der Waals surface area contributed by atoms with E-state index >= 15 is 0 Å². The second-order valence-corrected chi connectivity index (χ2v) is 6.00. The number of halogens is 1. The molecule has 0 radical (unpaired) electrons. The Bertz CT molecular complexity index is 605. The summed E-state index contributed by atoms with van der Waals surface area (Å²) in [5.74, 6) is 1.90. The number of piperidine rings is 1. The predicted octanol–water partition coefficient (Wildman–Crippen LogP) is 3.23. The lowest BCUT2D eigenvalue weighted by molar-refractivity contribution is 0.163. The Labute approximate surface area is 130 Å². The van der Waals surface area contributed by atoms with Crippen LogP contribution in [0.5, 0.6) is 0 Å². The summed E-state index contributed by atoms with van der Waals surface area (Å²) in [7, 11) is 0. The zero-order valence-electron chi connectivity index (χ0n) is 13.0. The summed E-state index contributed by atoms with van der Waals surface area (Å²) < 4.78 is 18.8. The van der Waals surface area contributed by atoms with Gasteiger partial charge >= 0.3 is 0 Å². The molecule has 118 valence electrons. The second kappa shape index (κ2) is 7.01. The van der Waals surface area contributed by atoms with Crippen LogP contribution in [0.2, 0.25) is 0 Å². The van der Waals surface area contributed by atoms with E-state index in [-0.39, 0.29) is 5.82 Å². The molecule has 1 aromatic carbocycles. The molecule has 2 aromatic rings. The summed E-state index contributed by atoms with van der Waals surface area (Å²) in [5, 5.41) is 8.08. The van der Waals surface area contributed by atoms with Crippen LogP contribution in [0.4, 0.5) is 4.39 Å². The van der Waals surface area contributed by atoms with Crippen LogP contribution in [0.1, 0.15) is 37.1 Å². The monoisotopic (exact) mass is 303 g/mol. The van der Waals surface area contributed by atoms with Crippen LogP contribution in [0, 0.1) is 11.7 Å². The highest BCUT2D eigenvalue weighted by molar-refractivity contribution is 5.17. The van der Waals surface area contributed by atoms with Crippen molar-refractivity contribution in [2.24, 2.45) is 5.92 Å². The van der Waals surface area contributed by atoms with Crippen LogP contribution in [0.15, 0.2) is 28.7 Å². The molecular weight excluding hydrogens is 281 g/mol. The van der Waals surface area contributed by atoms with Gasteiger partial charge in [-0.2, -0.15) is 0 Å². The molecule has 1 fully saturated rings. The number of nitrogens with zero attached hydrogens (tertiary/aromatic N) is 3. The number of rotatable bonds is 5. The molecule has 0 bridgehead atoms. The molecule has 1 aliphatic rings. The van der Waals surface area contributed by atoms with Gasteiger partial charge in [-0.25, -0.2) is 4.39 Å². The third-order valence-corrected chi connectivity index (χ3v) is 4.29. The van der Waals surface area contributed by atoms with Crippen LogP contribution < -0.4 is 0 Å². The lowest BCUT2D eigenvalue weighted by atomic mass is 9.90. The zero-order chi connectivity index (χ0) is 15.4. The lowest BCUT2D eigenvalue weighted by Gasteiger charge is -2.31. The summed E-state index contributed by atoms with van der Waals surface area (Å²) in [6.07, 6.45) is 4.01. The van der Waals surface area contributed by atoms with Gasteiger partial charge in [0, 0.05) is 6.42 Å². The van der Waals surface area contributed by atoms with E-state index in [2.05, 4.69) is 15.1 Å². The highest BCUT2D eigenvalue weighted by Crippen LogP contribution is 2.23. The van der Waals surface area contributed by atoms with E-state index in [9.17, 15) is 4.39 Å². The maximum Gasteiger partial charge on any atom is 0.230 e. The number of aromatic nitrogens is 2. The van der Waals surface area contributed by atoms with Crippen LogP contribution in [-0.2, 0) is 19.4 Å². The molecule has 4 nitrogen and oxygen atoms in total. The fourth-order valence-corrected chi connectivity index (χ4v) is 3.03. The van der Waals surface area contributed by atoms with Gasteiger partial charge in [-0.3, -0.25) is 4.90 Å². The molecule has 0 N–H and O–H groups in total. The van der Waals surface area contributed by atoms with Crippen LogP contribution in [-0.4, -0.2) is 28.2 Å². The Morgan fingerprint density at radius 3 is 2.68 bits per heavy atom. The molecule has 22 heavy (non-hydrogen) atoms. The first kappa shape index (κ1) is 15.2. The summed E-state index contributed by atoms with van der Waals surface area (Å²) in [6.45, 7) is 4.81. The van der Waals surface area contributed by atoms with Crippen molar-refractivity contribution in [3.8, 4) is 0 Å². The van der Waals surface area contributed by atoms with Crippen molar-refractivity contribution in [3.05, 3.63) is 47.4 Å². The lowest BCUT2D eigenvalue weighted by Crippen LogP contribution is -2.34. The minimum Gasteiger partial charge on any atom is -0.424 e. The molecule has 0 unspecified atom stereocenters. The minimum absolute atomic E-state index is 0.141. The molecule has 1 saturated heterocycles. The minimum atomic E-state index is -0.141. The fraction of sp³-hybridized carbons (Fsp3) is 0.529. The summed E-state index contributed by atoms with van der Waals surface area (Å²) >= 11 is 0. The Morgan fingerprint density at radius 1 is 1.23 bits per heavy atom. The Hall–Kier alpha value is -1.75. The third-order valence-electron chi connectivity index (χ3n) is 4.29. The largest absolute Gasteiger partial charge is 0.424 e. The first-order chi connectivity index (χ1) is 10.7. The molecule has 5 heteroatoms. The average molecular weight is 303 g/mol. The van der Waals surface area contributed by atoms with Gasteiger partial charge < -0.3 is 4.42 Å². The normalized spacial score (nSPS) is 17.0. The fourth-order valence-electron chi connectivity index (χ4n) is 3.03. The molecule has 0 aliphatic carbocycles. The zero-order valence-corrected chi connectivity index (χ0v) is 13.0. The van der Waals surface area contributed by atoms with Crippen LogP contribution in [0.3, 0.4) is 0 Å². The van der Waals surface area contributed by atoms with E-state index in [1.165, 1.54) is 6.07 Å². The quantitative estimate of drug-likeness (QED) is 0.850. The van der Waals surface area contributed by atoms with Gasteiger partial charge in [-0.1, -0.05) is 19.1 Å². The molecule has 3 rings (SSSR count). The first-order valence-corrected chi connectivity index (χ1v) is 8.01. The SMILES string of the molecule is CCc1nnc(CN2CCC(Cc3cccc(F)c3)CC2)o1. The maximum atomic E-state index is 13.2. The first-order valence-electron chi connectivity index (χ1n) is 8.01. The highest BCUT2D eigenvalue weighted by atomic mass is 19.1. The molecule has 0 saturated carbocycles. The van der Waals surface area contributed by atoms with Crippen molar-refractivity contribution < 1.29 is 8.81 Å². The molecule has 1 aliphatic heterocycles. The number of hydrogen-bond acceptors (Lipinski definition) is 4. The van der Waals surface area contributed by atoms with Crippen molar-refractivity contribution in [2.45, 2.75) is 39.2 Å². The van der Waals surface area contributed by atoms with Crippen LogP contribution in [0.25, 0.3) is 0 Å². The summed E-state index contributed by atoms with van der Waals surface area (Å²) in [5.41, 5.74) is 1.10. The average Bonchev–Trinajstić information content (AvgIpc) is 2.97. The van der Waals surface area contributed by atoms with Gasteiger partial charge in [0.15, 0.2) is 0 Å². The van der Waals surface area contributed by atoms with Crippen LogP contribution >= 0.6 is 0 Å². The predicted molar refractivity (Wildman–Crippen MR) is 81.8 cm³/mol. The van der Waals surface area contributed by atoms with Crippen molar-refractivity contribution >= 4 is 0 Å². The molecule has 0 spiro atoms. The third kappa shape index (κ3) is 3.91. The Balaban J connectivity index is 1.47. The van der Waals surface area contributed by atoms with E-state index in [0.29, 0.717) is 17.7 Å². The van der Waals surface area contributed by atoms with Gasteiger partial charge in [0.25, 0.3) is 0 Å². The van der Waals surface area contributed by atoms with E-state index in [1.807, 2.05) is 13.0 Å². The maximum absolute atomic E-state index is 13.2. The van der Waals surface area contributed by atoms with Gasteiger partial charge in [0.1, 0.15) is 5.82 Å². The molecule has 2 heterocycles. The topological polar surface area (TPSA) is 42.2 Å². The number of benzene rings is 1. The highest BCUT2D eigenvalue weighted by Gasteiger charge is 2.21. The van der Waals surface area contributed by atoms with E-state index < -0.39 is 0 Å². The molecular formula is C17H22FN3O. The summed E-state index contributed by atoms with van der Waals surface area (Å²) in [6, 6.07) is 6.96. The number of hydrogen-bond donors (Lipinski definition) is 0. The van der Waals surface area contributed by atoms with Gasteiger partial charge in [-0.15, -0.1) is 10.2 Å². The summed E-state index contributed by atoms with van der Waals surface area (Å²) in [4.78, 5) is 2.36. The van der Waals surface area contributed by atoms with Gasteiger partial charge in [-0.05, 0) is 56.0 Å². The van der Waals surface area contributed by atoms with Gasteiger partial charge in [0.05, 0.1) is 6.54 Å². The molecule has 0 atom stereocenters. The Kier molecular flexibility index (Phi) is 4.83. The van der Waals surface area contributed by atoms with Crippen molar-refractivity contribution in [1.82, 2.24) is 15.1 Å². The van der Waals surface area contributed by atoms with E-state index in [1.54, 1.807) is 12.1 Å². The van der Waals surface area contributed by atoms with E-state index in [4.69, 9.17) is 4.42 Å².